The van der Waals surface area contributed by atoms with Gasteiger partial charge in [-0.05, 0) is 25.1 Å². The number of nitro benzene ring substituents is 1. The lowest BCUT2D eigenvalue weighted by molar-refractivity contribution is -0.386. The molecule has 0 spiro atoms. The normalized spacial score (nSPS) is 10.2. The number of para-hydroxylation sites is 1. The molecule has 1 aromatic heterocycles. The van der Waals surface area contributed by atoms with Gasteiger partial charge in [0.15, 0.2) is 0 Å². The van der Waals surface area contributed by atoms with Crippen molar-refractivity contribution in [3.05, 3.63) is 56.7 Å². The third kappa shape index (κ3) is 3.09. The number of rotatable bonds is 4. The zero-order valence-electron chi connectivity index (χ0n) is 10.7. The Labute approximate surface area is 123 Å². The van der Waals surface area contributed by atoms with E-state index < -0.39 is 10.9 Å². The van der Waals surface area contributed by atoms with E-state index in [9.17, 15) is 14.9 Å². The molecule has 0 saturated carbocycles. The Balaban J connectivity index is 2.53. The second-order valence-electron chi connectivity index (χ2n) is 4.07. The summed E-state index contributed by atoms with van der Waals surface area (Å²) in [5.41, 5.74) is -0.109. The van der Waals surface area contributed by atoms with Crippen LogP contribution in [0.25, 0.3) is 0 Å². The first-order valence-corrected chi connectivity index (χ1v) is 6.09. The summed E-state index contributed by atoms with van der Waals surface area (Å²) in [5, 5.41) is 20.2. The van der Waals surface area contributed by atoms with E-state index in [1.165, 1.54) is 18.2 Å². The number of ether oxygens (including phenoxy) is 1. The fraction of sp³-hybridized carbons (Fsp3) is 0.0769. The molecule has 8 heteroatoms. The van der Waals surface area contributed by atoms with Crippen LogP contribution in [0.2, 0.25) is 5.15 Å². The lowest BCUT2D eigenvalue weighted by Gasteiger charge is -2.09. The number of carbonyl (C=O) groups is 1. The maximum atomic E-state index is 11.1. The molecule has 0 atom stereocenters. The summed E-state index contributed by atoms with van der Waals surface area (Å²) in [6, 6.07) is 6.98. The molecule has 0 aliphatic rings. The number of carboxylic acid groups (broad SMARTS) is 1. The van der Waals surface area contributed by atoms with E-state index in [4.69, 9.17) is 21.4 Å². The van der Waals surface area contributed by atoms with Gasteiger partial charge in [-0.25, -0.2) is 9.78 Å². The van der Waals surface area contributed by atoms with Gasteiger partial charge in [0.05, 0.1) is 4.92 Å². The first-order chi connectivity index (χ1) is 9.90. The van der Waals surface area contributed by atoms with Crippen molar-refractivity contribution in [3.63, 3.8) is 0 Å². The summed E-state index contributed by atoms with van der Waals surface area (Å²) in [6.07, 6.45) is 0. The predicted octanol–water partition coefficient (Wildman–Crippen LogP) is 3.44. The third-order valence-corrected chi connectivity index (χ3v) is 2.86. The largest absolute Gasteiger partial charge is 0.477 e. The van der Waals surface area contributed by atoms with Crippen molar-refractivity contribution in [2.24, 2.45) is 0 Å². The molecule has 0 bridgehead atoms. The summed E-state index contributed by atoms with van der Waals surface area (Å²) < 4.78 is 5.31. The number of halogens is 1. The van der Waals surface area contributed by atoms with E-state index in [-0.39, 0.29) is 28.0 Å². The highest BCUT2D eigenvalue weighted by Gasteiger charge is 2.22. The quantitative estimate of drug-likeness (QED) is 0.527. The van der Waals surface area contributed by atoms with Gasteiger partial charge in [-0.3, -0.25) is 10.1 Å². The van der Waals surface area contributed by atoms with Crippen LogP contribution in [0.15, 0.2) is 30.3 Å². The molecule has 0 amide bonds. The number of nitrogens with zero attached hydrogens (tertiary/aromatic N) is 2. The molecule has 7 nitrogen and oxygen atoms in total. The first kappa shape index (κ1) is 14.7. The second-order valence-corrected chi connectivity index (χ2v) is 4.46. The topological polar surface area (TPSA) is 103 Å². The molecule has 0 unspecified atom stereocenters. The lowest BCUT2D eigenvalue weighted by atomic mass is 10.2. The van der Waals surface area contributed by atoms with Crippen LogP contribution in [-0.4, -0.2) is 21.0 Å². The molecular weight excluding hydrogens is 300 g/mol. The summed E-state index contributed by atoms with van der Waals surface area (Å²) in [4.78, 5) is 25.4. The molecule has 21 heavy (non-hydrogen) atoms. The Morgan fingerprint density at radius 3 is 2.71 bits per heavy atom. The van der Waals surface area contributed by atoms with Crippen LogP contribution in [0, 0.1) is 17.0 Å². The molecule has 1 aromatic carbocycles. The van der Waals surface area contributed by atoms with Gasteiger partial charge in [0.2, 0.25) is 11.6 Å². The molecule has 0 aliphatic heterocycles. The average molecular weight is 309 g/mol. The molecule has 0 aliphatic carbocycles. The Morgan fingerprint density at radius 2 is 2.10 bits per heavy atom. The van der Waals surface area contributed by atoms with E-state index in [1.807, 2.05) is 0 Å². The van der Waals surface area contributed by atoms with Crippen molar-refractivity contribution >= 4 is 23.3 Å². The molecule has 1 heterocycles. The number of aromatic carboxylic acids is 1. The van der Waals surface area contributed by atoms with Gasteiger partial charge in [0, 0.05) is 5.56 Å². The minimum Gasteiger partial charge on any atom is -0.477 e. The fourth-order valence-electron chi connectivity index (χ4n) is 1.71. The van der Waals surface area contributed by atoms with Crippen molar-refractivity contribution in [1.82, 2.24) is 4.98 Å². The van der Waals surface area contributed by atoms with Crippen molar-refractivity contribution in [2.45, 2.75) is 6.92 Å². The van der Waals surface area contributed by atoms with Crippen LogP contribution in [0.4, 0.5) is 5.69 Å². The van der Waals surface area contributed by atoms with E-state index >= 15 is 0 Å². The maximum absolute atomic E-state index is 11.1. The van der Waals surface area contributed by atoms with Crippen molar-refractivity contribution in [3.8, 4) is 11.6 Å². The van der Waals surface area contributed by atoms with Gasteiger partial charge < -0.3 is 9.84 Å². The highest BCUT2D eigenvalue weighted by molar-refractivity contribution is 6.29. The summed E-state index contributed by atoms with van der Waals surface area (Å²) in [6.45, 7) is 1.55. The minimum atomic E-state index is -1.27. The number of pyridine rings is 1. The Bertz CT molecular complexity index is 732. The van der Waals surface area contributed by atoms with Crippen LogP contribution < -0.4 is 4.74 Å². The Hall–Kier alpha value is -2.67. The van der Waals surface area contributed by atoms with E-state index in [0.717, 1.165) is 0 Å². The predicted molar refractivity (Wildman–Crippen MR) is 74.1 cm³/mol. The minimum absolute atomic E-state index is 0.0188. The van der Waals surface area contributed by atoms with Gasteiger partial charge in [-0.2, -0.15) is 0 Å². The molecule has 108 valence electrons. The zero-order valence-corrected chi connectivity index (χ0v) is 11.5. The maximum Gasteiger partial charge on any atom is 0.341 e. The number of carboxylic acids is 1. The number of benzene rings is 1. The zero-order chi connectivity index (χ0) is 15.6. The standard InChI is InChI=1S/C13H9ClN2O5/c1-7-3-2-4-9(11(7)16(19)20)21-12-8(13(17)18)5-6-10(14)15-12/h2-6H,1H3,(H,17,18). The van der Waals surface area contributed by atoms with Crippen molar-refractivity contribution in [1.29, 1.82) is 0 Å². The molecule has 0 fully saturated rings. The Kier molecular flexibility index (Phi) is 4.04. The van der Waals surface area contributed by atoms with Crippen LogP contribution in [-0.2, 0) is 0 Å². The molecule has 0 saturated heterocycles. The highest BCUT2D eigenvalue weighted by atomic mass is 35.5. The SMILES string of the molecule is Cc1cccc(Oc2nc(Cl)ccc2C(=O)O)c1[N+](=O)[O-]. The monoisotopic (exact) mass is 308 g/mol. The van der Waals surface area contributed by atoms with E-state index in [0.29, 0.717) is 5.56 Å². The van der Waals surface area contributed by atoms with Gasteiger partial charge in [-0.1, -0.05) is 23.7 Å². The molecule has 2 aromatic rings. The van der Waals surface area contributed by atoms with Crippen molar-refractivity contribution < 1.29 is 19.6 Å². The van der Waals surface area contributed by atoms with Crippen LogP contribution >= 0.6 is 11.6 Å². The van der Waals surface area contributed by atoms with Gasteiger partial charge in [0.25, 0.3) is 0 Å². The van der Waals surface area contributed by atoms with E-state index in [1.54, 1.807) is 19.1 Å². The molecule has 2 rings (SSSR count). The Morgan fingerprint density at radius 1 is 1.38 bits per heavy atom. The average Bonchev–Trinajstić information content (AvgIpc) is 2.37. The molecular formula is C13H9ClN2O5. The number of hydrogen-bond acceptors (Lipinski definition) is 5. The smallest absolute Gasteiger partial charge is 0.341 e. The second kappa shape index (κ2) is 5.76. The van der Waals surface area contributed by atoms with Crippen LogP contribution in [0.3, 0.4) is 0 Å². The van der Waals surface area contributed by atoms with Crippen LogP contribution in [0.5, 0.6) is 11.6 Å². The lowest BCUT2D eigenvalue weighted by Crippen LogP contribution is -2.03. The summed E-state index contributed by atoms with van der Waals surface area (Å²) in [5.74, 6) is -1.68. The van der Waals surface area contributed by atoms with Gasteiger partial charge >= 0.3 is 11.7 Å². The van der Waals surface area contributed by atoms with E-state index in [2.05, 4.69) is 4.98 Å². The third-order valence-electron chi connectivity index (χ3n) is 2.65. The number of aromatic nitrogens is 1. The number of aryl methyl sites for hydroxylation is 1. The van der Waals surface area contributed by atoms with Gasteiger partial charge in [-0.15, -0.1) is 0 Å². The first-order valence-electron chi connectivity index (χ1n) is 5.72. The number of hydrogen-bond donors (Lipinski definition) is 1. The number of nitro groups is 1. The summed E-state index contributed by atoms with van der Waals surface area (Å²) in [7, 11) is 0. The molecule has 1 N–H and O–H groups in total. The molecule has 0 radical (unpaired) electrons. The van der Waals surface area contributed by atoms with Gasteiger partial charge in [0.1, 0.15) is 10.7 Å². The van der Waals surface area contributed by atoms with Crippen LogP contribution in [0.1, 0.15) is 15.9 Å². The van der Waals surface area contributed by atoms with Crippen molar-refractivity contribution in [2.75, 3.05) is 0 Å². The highest BCUT2D eigenvalue weighted by Crippen LogP contribution is 2.34. The summed E-state index contributed by atoms with van der Waals surface area (Å²) >= 11 is 5.70. The fourth-order valence-corrected chi connectivity index (χ4v) is 1.85.